The van der Waals surface area contributed by atoms with Crippen molar-refractivity contribution in [1.29, 1.82) is 5.26 Å². The Balaban J connectivity index is 1.75. The third-order valence-electron chi connectivity index (χ3n) is 5.22. The number of carbonyl (C=O) groups excluding carboxylic acids is 2. The summed E-state index contributed by atoms with van der Waals surface area (Å²) in [6, 6.07) is 9.95. The number of halogens is 2. The minimum absolute atomic E-state index is 0.116. The van der Waals surface area contributed by atoms with Crippen LogP contribution in [0.1, 0.15) is 51.5 Å². The molecule has 0 saturated carbocycles. The highest BCUT2D eigenvalue weighted by molar-refractivity contribution is 6.32. The van der Waals surface area contributed by atoms with Gasteiger partial charge in [0.1, 0.15) is 11.8 Å². The lowest BCUT2D eigenvalue weighted by atomic mass is 10.1. The number of aryl methyl sites for hydroxylation is 1. The summed E-state index contributed by atoms with van der Waals surface area (Å²) in [5.41, 5.74) is 2.17. The van der Waals surface area contributed by atoms with E-state index in [0.717, 1.165) is 0 Å². The molecule has 37 heavy (non-hydrogen) atoms. The number of aromatic nitrogens is 5. The maximum Gasteiger partial charge on any atom is 0.274 e. The van der Waals surface area contributed by atoms with Crippen molar-refractivity contribution >= 4 is 40.7 Å². The fraction of sp³-hybridized carbons (Fsp3) is 0.200. The Bertz CT molecular complexity index is 1530. The van der Waals surface area contributed by atoms with Gasteiger partial charge in [-0.3, -0.25) is 14.3 Å². The van der Waals surface area contributed by atoms with Gasteiger partial charge in [-0.15, -0.1) is 0 Å². The van der Waals surface area contributed by atoms with Crippen LogP contribution in [-0.4, -0.2) is 42.4 Å². The van der Waals surface area contributed by atoms with Crippen molar-refractivity contribution in [2.24, 2.45) is 0 Å². The van der Waals surface area contributed by atoms with Gasteiger partial charge < -0.3 is 10.6 Å². The molecule has 0 aliphatic carbocycles. The van der Waals surface area contributed by atoms with Gasteiger partial charge in [0, 0.05) is 23.5 Å². The summed E-state index contributed by atoms with van der Waals surface area (Å²) >= 11 is 12.6. The van der Waals surface area contributed by atoms with Crippen LogP contribution in [0.2, 0.25) is 10.0 Å². The largest absolute Gasteiger partial charge is 0.350 e. The Labute approximate surface area is 222 Å². The second kappa shape index (κ2) is 10.8. The Kier molecular flexibility index (Phi) is 7.57. The fourth-order valence-electron chi connectivity index (χ4n) is 3.64. The molecule has 10 nitrogen and oxygen atoms in total. The van der Waals surface area contributed by atoms with E-state index in [-0.39, 0.29) is 40.6 Å². The van der Waals surface area contributed by atoms with Crippen LogP contribution < -0.4 is 10.6 Å². The van der Waals surface area contributed by atoms with Crippen LogP contribution in [0.15, 0.2) is 48.9 Å². The van der Waals surface area contributed by atoms with Crippen LogP contribution in [0, 0.1) is 18.3 Å². The first-order chi connectivity index (χ1) is 17.7. The van der Waals surface area contributed by atoms with Crippen LogP contribution >= 0.6 is 23.2 Å². The number of anilines is 1. The van der Waals surface area contributed by atoms with Crippen LogP contribution in [0.25, 0.3) is 5.82 Å². The topological polar surface area (TPSA) is 131 Å². The lowest BCUT2D eigenvalue weighted by molar-refractivity contribution is 0.0944. The molecule has 3 aromatic heterocycles. The van der Waals surface area contributed by atoms with E-state index in [1.54, 1.807) is 37.4 Å². The van der Waals surface area contributed by atoms with E-state index in [4.69, 9.17) is 28.5 Å². The van der Waals surface area contributed by atoms with Crippen molar-refractivity contribution in [2.75, 3.05) is 5.32 Å². The molecule has 0 saturated heterocycles. The number of hydrogen-bond donors (Lipinski definition) is 2. The summed E-state index contributed by atoms with van der Waals surface area (Å²) in [7, 11) is 0. The molecule has 0 aliphatic heterocycles. The highest BCUT2D eigenvalue weighted by atomic mass is 35.5. The Morgan fingerprint density at radius 3 is 2.65 bits per heavy atom. The fourth-order valence-corrected chi connectivity index (χ4v) is 4.12. The zero-order valence-electron chi connectivity index (χ0n) is 20.2. The first-order valence-electron chi connectivity index (χ1n) is 11.2. The number of nitriles is 1. The van der Waals surface area contributed by atoms with Gasteiger partial charge in [-0.2, -0.15) is 15.5 Å². The Hall–Kier alpha value is -4.20. The van der Waals surface area contributed by atoms with E-state index < -0.39 is 5.91 Å². The molecule has 3 heterocycles. The summed E-state index contributed by atoms with van der Waals surface area (Å²) in [6.45, 7) is 5.62. The molecule has 4 aromatic rings. The number of nitrogens with one attached hydrogen (secondary N) is 2. The third kappa shape index (κ3) is 5.80. The van der Waals surface area contributed by atoms with Crippen molar-refractivity contribution in [1.82, 2.24) is 29.9 Å². The van der Waals surface area contributed by atoms with Gasteiger partial charge in [-0.05, 0) is 56.7 Å². The monoisotopic (exact) mass is 536 g/mol. The van der Waals surface area contributed by atoms with Crippen LogP contribution in [0.3, 0.4) is 0 Å². The molecule has 0 bridgehead atoms. The SMILES string of the molecule is Cc1cc(Cl)cc(C(=O)NC(C)C)c1NC(=O)c1cc(Cn2cc(C#N)cn2)nn1-c1ncccc1Cl. The van der Waals surface area contributed by atoms with E-state index in [1.807, 2.05) is 19.9 Å². The van der Waals surface area contributed by atoms with E-state index in [1.165, 1.54) is 27.8 Å². The molecule has 0 radical (unpaired) electrons. The zero-order valence-corrected chi connectivity index (χ0v) is 21.7. The minimum Gasteiger partial charge on any atom is -0.350 e. The maximum atomic E-state index is 13.6. The van der Waals surface area contributed by atoms with Gasteiger partial charge in [-0.1, -0.05) is 23.2 Å². The highest BCUT2D eigenvalue weighted by Crippen LogP contribution is 2.27. The number of nitrogens with zero attached hydrogens (tertiary/aromatic N) is 6. The standard InChI is InChI=1S/C25H22Cl2N8O2/c1-14(2)31-24(36)19-8-17(26)7-15(3)22(19)32-25(37)21-9-18(13-34-12-16(10-28)11-30-34)33-35(21)23-20(27)5-4-6-29-23/h4-9,11-12,14H,13H2,1-3H3,(H,31,36)(H,32,37). The zero-order chi connectivity index (χ0) is 26.7. The van der Waals surface area contributed by atoms with E-state index in [9.17, 15) is 9.59 Å². The second-order valence-electron chi connectivity index (χ2n) is 8.51. The molecule has 0 spiro atoms. The van der Waals surface area contributed by atoms with Gasteiger partial charge in [-0.25, -0.2) is 9.67 Å². The van der Waals surface area contributed by atoms with Crippen molar-refractivity contribution in [3.63, 3.8) is 0 Å². The van der Waals surface area contributed by atoms with Crippen molar-refractivity contribution in [3.05, 3.63) is 87.0 Å². The molecule has 2 amide bonds. The molecule has 0 unspecified atom stereocenters. The van der Waals surface area contributed by atoms with E-state index >= 15 is 0 Å². The molecule has 4 rings (SSSR count). The Morgan fingerprint density at radius 2 is 1.97 bits per heavy atom. The minimum atomic E-state index is -0.539. The molecule has 0 aliphatic rings. The van der Waals surface area contributed by atoms with Gasteiger partial charge in [0.15, 0.2) is 5.82 Å². The third-order valence-corrected chi connectivity index (χ3v) is 5.74. The molecule has 188 valence electrons. The van der Waals surface area contributed by atoms with E-state index in [0.29, 0.717) is 27.5 Å². The highest BCUT2D eigenvalue weighted by Gasteiger charge is 2.23. The van der Waals surface area contributed by atoms with Crippen LogP contribution in [-0.2, 0) is 6.54 Å². The van der Waals surface area contributed by atoms with Crippen LogP contribution in [0.5, 0.6) is 0 Å². The summed E-state index contributed by atoms with van der Waals surface area (Å²) in [6.07, 6.45) is 4.55. The normalized spacial score (nSPS) is 10.8. The predicted octanol–water partition coefficient (Wildman–Crippen LogP) is 4.39. The summed E-state index contributed by atoms with van der Waals surface area (Å²) < 4.78 is 2.87. The first-order valence-corrected chi connectivity index (χ1v) is 12.0. The van der Waals surface area contributed by atoms with Gasteiger partial charge in [0.2, 0.25) is 0 Å². The quantitative estimate of drug-likeness (QED) is 0.360. The average molecular weight is 537 g/mol. The van der Waals surface area contributed by atoms with Gasteiger partial charge in [0.25, 0.3) is 11.8 Å². The second-order valence-corrected chi connectivity index (χ2v) is 9.35. The molecule has 12 heteroatoms. The number of carbonyl (C=O) groups is 2. The molecule has 0 fully saturated rings. The Morgan fingerprint density at radius 1 is 1.19 bits per heavy atom. The molecule has 1 aromatic carbocycles. The van der Waals surface area contributed by atoms with E-state index in [2.05, 4.69) is 25.8 Å². The number of benzene rings is 1. The molecule has 2 N–H and O–H groups in total. The van der Waals surface area contributed by atoms with Crippen LogP contribution in [0.4, 0.5) is 5.69 Å². The summed E-state index contributed by atoms with van der Waals surface area (Å²) in [5, 5.41) is 24.1. The number of hydrogen-bond acceptors (Lipinski definition) is 6. The molecular weight excluding hydrogens is 515 g/mol. The van der Waals surface area contributed by atoms with Gasteiger partial charge >= 0.3 is 0 Å². The summed E-state index contributed by atoms with van der Waals surface area (Å²) in [4.78, 5) is 30.7. The first kappa shape index (κ1) is 25.9. The van der Waals surface area contributed by atoms with Crippen molar-refractivity contribution in [2.45, 2.75) is 33.4 Å². The number of amides is 2. The lowest BCUT2D eigenvalue weighted by Crippen LogP contribution is -2.31. The average Bonchev–Trinajstić information content (AvgIpc) is 3.47. The molecule has 0 atom stereocenters. The van der Waals surface area contributed by atoms with Crippen molar-refractivity contribution in [3.8, 4) is 11.9 Å². The van der Waals surface area contributed by atoms with Crippen molar-refractivity contribution < 1.29 is 9.59 Å². The van der Waals surface area contributed by atoms with Gasteiger partial charge in [0.05, 0.1) is 40.3 Å². The lowest BCUT2D eigenvalue weighted by Gasteiger charge is -2.16. The molecular formula is C25H22Cl2N8O2. The summed E-state index contributed by atoms with van der Waals surface area (Å²) in [5.74, 6) is -0.656. The number of rotatable bonds is 7. The number of pyridine rings is 1. The smallest absolute Gasteiger partial charge is 0.274 e. The maximum absolute atomic E-state index is 13.6. The predicted molar refractivity (Wildman–Crippen MR) is 139 cm³/mol.